The third kappa shape index (κ3) is 11.4. The van der Waals surface area contributed by atoms with E-state index in [9.17, 15) is 14.4 Å². The topological polar surface area (TPSA) is 114 Å². The van der Waals surface area contributed by atoms with Crippen molar-refractivity contribution >= 4 is 17.8 Å². The van der Waals surface area contributed by atoms with E-state index in [1.54, 1.807) is 12.2 Å². The fraction of sp³-hybridized carbons (Fsp3) is 0.458. The standard InChI is InChI=1S/C24H34N2O6/c1-3-5-12-23(29)32-21(19-10-7-6-8-11-19)18-26-24(30)20(9-4-2)17-22(28)25-13-15-31-16-14-27/h3-4,6-8,10-11,20-21,27H,1-2,5,9,12-18H2,(H,25,28)(H,26,30)/t20-,21-/m1/s1. The zero-order chi connectivity index (χ0) is 23.6. The molecule has 8 nitrogen and oxygen atoms in total. The highest BCUT2D eigenvalue weighted by Gasteiger charge is 2.23. The molecule has 0 aliphatic heterocycles. The first kappa shape index (κ1) is 27.1. The number of nitrogens with one attached hydrogen (secondary N) is 2. The number of carbonyl (C=O) groups is 3. The fourth-order valence-electron chi connectivity index (χ4n) is 2.88. The summed E-state index contributed by atoms with van der Waals surface area (Å²) in [4.78, 5) is 37.0. The molecule has 0 unspecified atom stereocenters. The first-order chi connectivity index (χ1) is 15.5. The molecule has 0 aliphatic rings. The average Bonchev–Trinajstić information content (AvgIpc) is 2.80. The number of esters is 1. The molecule has 8 heteroatoms. The van der Waals surface area contributed by atoms with Gasteiger partial charge in [0.15, 0.2) is 0 Å². The molecule has 176 valence electrons. The lowest BCUT2D eigenvalue weighted by Crippen LogP contribution is -2.38. The molecule has 32 heavy (non-hydrogen) atoms. The monoisotopic (exact) mass is 446 g/mol. The number of carbonyl (C=O) groups excluding carboxylic acids is 3. The Hall–Kier alpha value is -2.97. The summed E-state index contributed by atoms with van der Waals surface area (Å²) in [5, 5.41) is 14.1. The molecule has 0 saturated heterocycles. The first-order valence-corrected chi connectivity index (χ1v) is 10.7. The Kier molecular flexibility index (Phi) is 14.1. The Morgan fingerprint density at radius 1 is 1.06 bits per heavy atom. The van der Waals surface area contributed by atoms with Gasteiger partial charge >= 0.3 is 5.97 Å². The second-order valence-electron chi connectivity index (χ2n) is 7.07. The number of aliphatic hydroxyl groups excluding tert-OH is 1. The van der Waals surface area contributed by atoms with Crippen LogP contribution in [-0.4, -0.2) is 55.8 Å². The number of ether oxygens (including phenoxy) is 2. The lowest BCUT2D eigenvalue weighted by molar-refractivity contribution is -0.150. The largest absolute Gasteiger partial charge is 0.456 e. The third-order valence-corrected chi connectivity index (χ3v) is 4.52. The maximum absolute atomic E-state index is 12.7. The van der Waals surface area contributed by atoms with Crippen LogP contribution in [0.4, 0.5) is 0 Å². The predicted molar refractivity (Wildman–Crippen MR) is 122 cm³/mol. The van der Waals surface area contributed by atoms with Gasteiger partial charge in [-0.2, -0.15) is 0 Å². The van der Waals surface area contributed by atoms with Gasteiger partial charge in [-0.05, 0) is 18.4 Å². The molecular formula is C24H34N2O6. The molecule has 2 amide bonds. The maximum atomic E-state index is 12.7. The molecule has 1 aromatic carbocycles. The smallest absolute Gasteiger partial charge is 0.306 e. The van der Waals surface area contributed by atoms with Gasteiger partial charge in [-0.25, -0.2) is 0 Å². The van der Waals surface area contributed by atoms with Gasteiger partial charge in [-0.3, -0.25) is 14.4 Å². The molecule has 0 heterocycles. The van der Waals surface area contributed by atoms with Crippen molar-refractivity contribution in [3.05, 3.63) is 61.2 Å². The molecule has 0 radical (unpaired) electrons. The highest BCUT2D eigenvalue weighted by Crippen LogP contribution is 2.18. The quantitative estimate of drug-likeness (QED) is 0.192. The minimum atomic E-state index is -0.639. The molecule has 0 aromatic heterocycles. The zero-order valence-corrected chi connectivity index (χ0v) is 18.5. The molecule has 1 aromatic rings. The highest BCUT2D eigenvalue weighted by molar-refractivity contribution is 5.86. The van der Waals surface area contributed by atoms with E-state index in [0.717, 1.165) is 5.56 Å². The van der Waals surface area contributed by atoms with Gasteiger partial charge in [0.25, 0.3) is 0 Å². The predicted octanol–water partition coefficient (Wildman–Crippen LogP) is 2.06. The lowest BCUT2D eigenvalue weighted by atomic mass is 9.99. The molecule has 0 spiro atoms. The summed E-state index contributed by atoms with van der Waals surface area (Å²) in [6, 6.07) is 9.16. The summed E-state index contributed by atoms with van der Waals surface area (Å²) < 4.78 is 10.7. The van der Waals surface area contributed by atoms with Gasteiger partial charge < -0.3 is 25.2 Å². The second-order valence-corrected chi connectivity index (χ2v) is 7.07. The number of aliphatic hydroxyl groups is 1. The van der Waals surface area contributed by atoms with Crippen molar-refractivity contribution in [2.75, 3.05) is 32.9 Å². The third-order valence-electron chi connectivity index (χ3n) is 4.52. The van der Waals surface area contributed by atoms with Crippen LogP contribution in [0.2, 0.25) is 0 Å². The van der Waals surface area contributed by atoms with E-state index in [1.165, 1.54) is 0 Å². The summed E-state index contributed by atoms with van der Waals surface area (Å²) in [6.45, 7) is 8.05. The van der Waals surface area contributed by atoms with Crippen molar-refractivity contribution in [1.29, 1.82) is 0 Å². The van der Waals surface area contributed by atoms with Crippen LogP contribution in [0.15, 0.2) is 55.6 Å². The van der Waals surface area contributed by atoms with E-state index in [1.807, 2.05) is 30.3 Å². The van der Waals surface area contributed by atoms with E-state index < -0.39 is 12.0 Å². The molecular weight excluding hydrogens is 412 g/mol. The number of allylic oxidation sites excluding steroid dienone is 2. The average molecular weight is 447 g/mol. The van der Waals surface area contributed by atoms with Crippen molar-refractivity contribution in [2.24, 2.45) is 5.92 Å². The van der Waals surface area contributed by atoms with Crippen molar-refractivity contribution in [1.82, 2.24) is 10.6 Å². The molecule has 2 atom stereocenters. The van der Waals surface area contributed by atoms with Crippen LogP contribution in [0.25, 0.3) is 0 Å². The van der Waals surface area contributed by atoms with Crippen LogP contribution in [0.3, 0.4) is 0 Å². The van der Waals surface area contributed by atoms with Gasteiger partial charge in [-0.15, -0.1) is 13.2 Å². The molecule has 1 rings (SSSR count). The summed E-state index contributed by atoms with van der Waals surface area (Å²) in [6.07, 6.45) is 3.63. The summed E-state index contributed by atoms with van der Waals surface area (Å²) in [5.41, 5.74) is 0.764. The normalized spacial score (nSPS) is 12.3. The minimum absolute atomic E-state index is 0.00696. The van der Waals surface area contributed by atoms with Crippen LogP contribution in [0.5, 0.6) is 0 Å². The number of hydrogen-bond donors (Lipinski definition) is 3. The van der Waals surface area contributed by atoms with Crippen LogP contribution in [-0.2, 0) is 23.9 Å². The van der Waals surface area contributed by atoms with Gasteiger partial charge in [0.2, 0.25) is 11.8 Å². The van der Waals surface area contributed by atoms with Gasteiger partial charge in [0, 0.05) is 19.4 Å². The minimum Gasteiger partial charge on any atom is -0.456 e. The Bertz CT molecular complexity index is 722. The highest BCUT2D eigenvalue weighted by atomic mass is 16.5. The molecule has 3 N–H and O–H groups in total. The van der Waals surface area contributed by atoms with E-state index in [2.05, 4.69) is 23.8 Å². The van der Waals surface area contributed by atoms with Crippen LogP contribution < -0.4 is 10.6 Å². The maximum Gasteiger partial charge on any atom is 0.306 e. The zero-order valence-electron chi connectivity index (χ0n) is 18.5. The number of amides is 2. The number of benzene rings is 1. The fourth-order valence-corrected chi connectivity index (χ4v) is 2.88. The number of rotatable bonds is 17. The van der Waals surface area contributed by atoms with Crippen molar-refractivity contribution in [3.63, 3.8) is 0 Å². The molecule has 0 saturated carbocycles. The van der Waals surface area contributed by atoms with Crippen LogP contribution in [0.1, 0.15) is 37.4 Å². The summed E-state index contributed by atoms with van der Waals surface area (Å²) in [5.74, 6) is -1.58. The molecule has 0 aliphatic carbocycles. The van der Waals surface area contributed by atoms with Crippen LogP contribution in [0, 0.1) is 5.92 Å². The Morgan fingerprint density at radius 2 is 1.81 bits per heavy atom. The Labute approximate surface area is 189 Å². The van der Waals surface area contributed by atoms with E-state index in [0.29, 0.717) is 12.8 Å². The summed E-state index contributed by atoms with van der Waals surface area (Å²) >= 11 is 0. The van der Waals surface area contributed by atoms with Gasteiger partial charge in [0.05, 0.1) is 32.3 Å². The van der Waals surface area contributed by atoms with Crippen molar-refractivity contribution in [2.45, 2.75) is 31.8 Å². The van der Waals surface area contributed by atoms with Crippen molar-refractivity contribution < 1.29 is 29.0 Å². The van der Waals surface area contributed by atoms with E-state index in [4.69, 9.17) is 14.6 Å². The SMILES string of the molecule is C=CCCC(=O)O[C@H](CNC(=O)[C@H](CC=C)CC(=O)NCCOCCO)c1ccccc1. The first-order valence-electron chi connectivity index (χ1n) is 10.7. The van der Waals surface area contributed by atoms with Crippen molar-refractivity contribution in [3.8, 4) is 0 Å². The number of hydrogen-bond acceptors (Lipinski definition) is 6. The Balaban J connectivity index is 2.65. The summed E-state index contributed by atoms with van der Waals surface area (Å²) in [7, 11) is 0. The van der Waals surface area contributed by atoms with E-state index in [-0.39, 0.29) is 63.5 Å². The van der Waals surface area contributed by atoms with Gasteiger partial charge in [-0.1, -0.05) is 42.5 Å². The van der Waals surface area contributed by atoms with Gasteiger partial charge in [0.1, 0.15) is 6.10 Å². The van der Waals surface area contributed by atoms with E-state index >= 15 is 0 Å². The lowest BCUT2D eigenvalue weighted by Gasteiger charge is -2.21. The Morgan fingerprint density at radius 3 is 2.47 bits per heavy atom. The second kappa shape index (κ2) is 16.7. The molecule has 0 fully saturated rings. The molecule has 0 bridgehead atoms. The van der Waals surface area contributed by atoms with Crippen LogP contribution >= 0.6 is 0 Å².